The number of anilines is 1. The maximum Gasteiger partial charge on any atom is 0.336 e. The highest BCUT2D eigenvalue weighted by Crippen LogP contribution is 2.47. The monoisotopic (exact) mass is 401 g/mol. The average Bonchev–Trinajstić information content (AvgIpc) is 2.97. The molecule has 1 aliphatic rings. The molecule has 152 valence electrons. The van der Waals surface area contributed by atoms with Crippen molar-refractivity contribution in [2.75, 3.05) is 5.32 Å². The van der Waals surface area contributed by atoms with Crippen molar-refractivity contribution in [1.82, 2.24) is 9.55 Å². The second-order valence-corrected chi connectivity index (χ2v) is 7.36. The summed E-state index contributed by atoms with van der Waals surface area (Å²) in [5.41, 5.74) is 2.31. The molecule has 29 heavy (non-hydrogen) atoms. The van der Waals surface area contributed by atoms with Crippen LogP contribution in [-0.2, 0) is 7.05 Å². The number of carboxylic acid groups (broad SMARTS) is 1. The maximum atomic E-state index is 13.4. The lowest BCUT2D eigenvalue weighted by molar-refractivity contribution is 0.0610. The first kappa shape index (κ1) is 19.3. The van der Waals surface area contributed by atoms with Crippen molar-refractivity contribution in [2.24, 2.45) is 7.05 Å². The van der Waals surface area contributed by atoms with Gasteiger partial charge in [0.15, 0.2) is 0 Å². The van der Waals surface area contributed by atoms with E-state index in [0.717, 1.165) is 5.56 Å². The minimum absolute atomic E-state index is 0.0980. The number of imidazole rings is 1. The largest absolute Gasteiger partial charge is 0.478 e. The predicted molar refractivity (Wildman–Crippen MR) is 105 cm³/mol. The molecule has 0 aliphatic carbocycles. The van der Waals surface area contributed by atoms with Gasteiger partial charge in [0.2, 0.25) is 6.43 Å². The molecule has 1 aliphatic heterocycles. The van der Waals surface area contributed by atoms with Crippen molar-refractivity contribution in [3.05, 3.63) is 58.9 Å². The molecule has 0 saturated carbocycles. The van der Waals surface area contributed by atoms with Crippen LogP contribution in [0.1, 0.15) is 45.7 Å². The molecule has 0 unspecified atom stereocenters. The molecule has 4 rings (SSSR count). The van der Waals surface area contributed by atoms with E-state index in [9.17, 15) is 23.8 Å². The van der Waals surface area contributed by atoms with E-state index in [0.29, 0.717) is 22.5 Å². The van der Waals surface area contributed by atoms with E-state index in [1.165, 1.54) is 6.07 Å². The predicted octanol–water partition coefficient (Wildman–Crippen LogP) is 3.85. The van der Waals surface area contributed by atoms with Crippen LogP contribution in [0.2, 0.25) is 0 Å². The van der Waals surface area contributed by atoms with Crippen molar-refractivity contribution < 1.29 is 23.8 Å². The third kappa shape index (κ3) is 3.13. The molecular weight excluding hydrogens is 380 g/mol. The molecular formula is C21H21F2N3O3. The van der Waals surface area contributed by atoms with Crippen LogP contribution in [0.4, 0.5) is 14.5 Å². The van der Waals surface area contributed by atoms with Gasteiger partial charge in [0, 0.05) is 19.4 Å². The number of carboxylic acids is 1. The molecule has 0 spiro atoms. The van der Waals surface area contributed by atoms with E-state index >= 15 is 0 Å². The van der Waals surface area contributed by atoms with Crippen LogP contribution in [-0.4, -0.2) is 38.3 Å². The van der Waals surface area contributed by atoms with Crippen LogP contribution in [0, 0.1) is 6.92 Å². The molecule has 1 aromatic heterocycles. The van der Waals surface area contributed by atoms with Gasteiger partial charge in [0.05, 0.1) is 28.9 Å². The molecule has 0 fully saturated rings. The first-order chi connectivity index (χ1) is 13.8. The average molecular weight is 401 g/mol. The van der Waals surface area contributed by atoms with Crippen LogP contribution in [0.3, 0.4) is 0 Å². The van der Waals surface area contributed by atoms with E-state index in [1.54, 1.807) is 42.8 Å². The third-order valence-corrected chi connectivity index (χ3v) is 5.69. The van der Waals surface area contributed by atoms with E-state index in [4.69, 9.17) is 0 Å². The summed E-state index contributed by atoms with van der Waals surface area (Å²) in [6.45, 7) is 1.79. The van der Waals surface area contributed by atoms with Crippen molar-refractivity contribution in [1.29, 1.82) is 0 Å². The molecule has 0 radical (unpaired) electrons. The minimum atomic E-state index is -2.69. The number of alkyl halides is 2. The zero-order valence-electron chi connectivity index (χ0n) is 15.9. The fourth-order valence-electron chi connectivity index (χ4n) is 4.20. The highest BCUT2D eigenvalue weighted by molar-refractivity contribution is 6.02. The lowest BCUT2D eigenvalue weighted by Crippen LogP contribution is -2.38. The van der Waals surface area contributed by atoms with Crippen molar-refractivity contribution >= 4 is 22.7 Å². The molecule has 6 nitrogen and oxygen atoms in total. The number of hydrogen-bond donors (Lipinski definition) is 3. The summed E-state index contributed by atoms with van der Waals surface area (Å²) in [6.07, 6.45) is -4.56. The number of nitrogens with one attached hydrogen (secondary N) is 1. The van der Waals surface area contributed by atoms with Gasteiger partial charge in [-0.1, -0.05) is 30.3 Å². The van der Waals surface area contributed by atoms with Gasteiger partial charge >= 0.3 is 5.97 Å². The Morgan fingerprint density at radius 3 is 2.62 bits per heavy atom. The summed E-state index contributed by atoms with van der Waals surface area (Å²) in [5, 5.41) is 24.0. The van der Waals surface area contributed by atoms with Gasteiger partial charge in [-0.2, -0.15) is 0 Å². The molecule has 0 amide bonds. The Morgan fingerprint density at radius 1 is 1.31 bits per heavy atom. The molecule has 2 heterocycles. The Balaban J connectivity index is 2.01. The van der Waals surface area contributed by atoms with Crippen LogP contribution < -0.4 is 5.32 Å². The zero-order valence-corrected chi connectivity index (χ0v) is 15.9. The topological polar surface area (TPSA) is 87.4 Å². The quantitative estimate of drug-likeness (QED) is 0.618. The highest BCUT2D eigenvalue weighted by atomic mass is 19.3. The number of fused-ring (bicyclic) bond motifs is 3. The SMILES string of the molecule is Cc1nc2c3c(c(C(=O)O)cc2n1C)[C@@H](CC(F)F)[C@@H](O)[C@@H](c1ccccc1)N3. The van der Waals surface area contributed by atoms with Gasteiger partial charge in [-0.25, -0.2) is 18.6 Å². The number of nitrogens with zero attached hydrogens (tertiary/aromatic N) is 2. The van der Waals surface area contributed by atoms with Crippen molar-refractivity contribution in [2.45, 2.75) is 37.8 Å². The van der Waals surface area contributed by atoms with E-state index in [2.05, 4.69) is 10.3 Å². The zero-order chi connectivity index (χ0) is 20.9. The van der Waals surface area contributed by atoms with E-state index in [1.807, 2.05) is 6.07 Å². The number of aromatic nitrogens is 2. The van der Waals surface area contributed by atoms with Crippen LogP contribution in [0.25, 0.3) is 11.0 Å². The number of aliphatic hydroxyl groups excluding tert-OH is 1. The molecule has 2 aromatic carbocycles. The summed E-state index contributed by atoms with van der Waals surface area (Å²) in [7, 11) is 1.77. The second kappa shape index (κ2) is 7.11. The molecule has 3 N–H and O–H groups in total. The lowest BCUT2D eigenvalue weighted by Gasteiger charge is -2.39. The fourth-order valence-corrected chi connectivity index (χ4v) is 4.20. The maximum absolute atomic E-state index is 13.4. The second-order valence-electron chi connectivity index (χ2n) is 7.36. The van der Waals surface area contributed by atoms with E-state index < -0.39 is 36.9 Å². The number of halogens is 2. The number of hydrogen-bond acceptors (Lipinski definition) is 4. The molecule has 8 heteroatoms. The third-order valence-electron chi connectivity index (χ3n) is 5.69. The van der Waals surface area contributed by atoms with Gasteiger partial charge in [-0.3, -0.25) is 0 Å². The van der Waals surface area contributed by atoms with Gasteiger partial charge in [-0.15, -0.1) is 0 Å². The van der Waals surface area contributed by atoms with Crippen LogP contribution in [0.5, 0.6) is 0 Å². The summed E-state index contributed by atoms with van der Waals surface area (Å²) >= 11 is 0. The van der Waals surface area contributed by atoms with Gasteiger partial charge < -0.3 is 20.1 Å². The molecule has 3 atom stereocenters. The van der Waals surface area contributed by atoms with Gasteiger partial charge in [-0.05, 0) is 24.1 Å². The first-order valence-electron chi connectivity index (χ1n) is 9.30. The molecule has 0 saturated heterocycles. The number of aliphatic hydroxyl groups is 1. The lowest BCUT2D eigenvalue weighted by atomic mass is 9.77. The number of aromatic carboxylic acids is 1. The van der Waals surface area contributed by atoms with Crippen molar-refractivity contribution in [3.8, 4) is 0 Å². The van der Waals surface area contributed by atoms with Gasteiger partial charge in [0.1, 0.15) is 11.3 Å². The Labute approximate surface area is 165 Å². The number of aryl methyl sites for hydroxylation is 2. The normalized spacial score (nSPS) is 21.2. The summed E-state index contributed by atoms with van der Waals surface area (Å²) < 4.78 is 28.6. The van der Waals surface area contributed by atoms with E-state index in [-0.39, 0.29) is 11.1 Å². The summed E-state index contributed by atoms with van der Waals surface area (Å²) in [6, 6.07) is 9.81. The summed E-state index contributed by atoms with van der Waals surface area (Å²) in [4.78, 5) is 16.5. The smallest absolute Gasteiger partial charge is 0.336 e. The number of benzene rings is 2. The molecule has 0 bridgehead atoms. The highest BCUT2D eigenvalue weighted by Gasteiger charge is 2.41. The van der Waals surface area contributed by atoms with Crippen molar-refractivity contribution in [3.63, 3.8) is 0 Å². The fraction of sp³-hybridized carbons (Fsp3) is 0.333. The molecule has 3 aromatic rings. The summed E-state index contributed by atoms with van der Waals surface area (Å²) in [5.74, 6) is -1.61. The number of rotatable bonds is 4. The Hall–Kier alpha value is -3.00. The van der Waals surface area contributed by atoms with Crippen LogP contribution in [0.15, 0.2) is 36.4 Å². The van der Waals surface area contributed by atoms with Gasteiger partial charge in [0.25, 0.3) is 0 Å². The Morgan fingerprint density at radius 2 is 2.00 bits per heavy atom. The first-order valence-corrected chi connectivity index (χ1v) is 9.30. The number of carbonyl (C=O) groups is 1. The van der Waals surface area contributed by atoms with Crippen LogP contribution >= 0.6 is 0 Å². The standard InChI is InChI=1S/C21H21F2N3O3/c1-10-24-18-14(26(10)2)8-13(21(28)29)16-12(9-15(22)23)20(27)17(25-19(16)18)11-6-4-3-5-7-11/h3-8,12,15,17,20,25,27H,9H2,1-2H3,(H,28,29)/t12-,17-,20-/m1/s1. The minimum Gasteiger partial charge on any atom is -0.478 e. The Bertz CT molecular complexity index is 1080. The Kier molecular flexibility index (Phi) is 4.74.